The normalized spacial score (nSPS) is 17.0. The first-order chi connectivity index (χ1) is 10.2. The molecule has 0 bridgehead atoms. The van der Waals surface area contributed by atoms with Crippen LogP contribution in [0.25, 0.3) is 0 Å². The molecule has 1 fully saturated rings. The van der Waals surface area contributed by atoms with E-state index >= 15 is 0 Å². The zero-order valence-electron chi connectivity index (χ0n) is 14.1. The van der Waals surface area contributed by atoms with Crippen molar-refractivity contribution in [2.75, 3.05) is 26.7 Å². The number of nitrogens with one attached hydrogen (secondary N) is 1. The summed E-state index contributed by atoms with van der Waals surface area (Å²) in [6, 6.07) is 9.53. The molecule has 2 heteroatoms. The highest BCUT2D eigenvalue weighted by atomic mass is 15.1. The van der Waals surface area contributed by atoms with E-state index in [2.05, 4.69) is 55.4 Å². The van der Waals surface area contributed by atoms with Gasteiger partial charge in [0.2, 0.25) is 0 Å². The lowest BCUT2D eigenvalue weighted by molar-refractivity contribution is 0.199. The van der Waals surface area contributed by atoms with E-state index in [4.69, 9.17) is 0 Å². The molecule has 2 rings (SSSR count). The first-order valence-electron chi connectivity index (χ1n) is 8.67. The van der Waals surface area contributed by atoms with Gasteiger partial charge in [0.15, 0.2) is 0 Å². The second kappa shape index (κ2) is 8.55. The lowest BCUT2D eigenvalue weighted by atomic mass is 9.85. The molecule has 1 aliphatic carbocycles. The van der Waals surface area contributed by atoms with Crippen LogP contribution in [-0.2, 0) is 0 Å². The standard InChI is InChI=1S/C19H32N2/c1-4-13-20-19(18-10-8-16(2)9-11-18)12-14-21(3)15-17-6-5-7-17/h8-11,17,19-20H,4-7,12-15H2,1-3H3. The van der Waals surface area contributed by atoms with Crippen LogP contribution in [0.2, 0.25) is 0 Å². The van der Waals surface area contributed by atoms with Crippen LogP contribution in [0.1, 0.15) is 56.2 Å². The Morgan fingerprint density at radius 1 is 1.24 bits per heavy atom. The van der Waals surface area contributed by atoms with Crippen LogP contribution >= 0.6 is 0 Å². The molecular formula is C19H32N2. The maximum absolute atomic E-state index is 3.72. The van der Waals surface area contributed by atoms with Gasteiger partial charge in [-0.05, 0) is 64.2 Å². The van der Waals surface area contributed by atoms with Crippen LogP contribution in [-0.4, -0.2) is 31.6 Å². The number of nitrogens with zero attached hydrogens (tertiary/aromatic N) is 1. The number of aryl methyl sites for hydroxylation is 1. The third-order valence-electron chi connectivity index (χ3n) is 4.71. The maximum atomic E-state index is 3.72. The monoisotopic (exact) mass is 288 g/mol. The molecule has 1 aromatic carbocycles. The molecule has 0 amide bonds. The summed E-state index contributed by atoms with van der Waals surface area (Å²) < 4.78 is 0. The molecule has 0 saturated heterocycles. The Labute approximate surface area is 130 Å². The average molecular weight is 288 g/mol. The van der Waals surface area contributed by atoms with Crippen LogP contribution in [0, 0.1) is 12.8 Å². The molecule has 0 radical (unpaired) electrons. The van der Waals surface area contributed by atoms with E-state index in [1.165, 1.54) is 56.3 Å². The molecule has 118 valence electrons. The summed E-state index contributed by atoms with van der Waals surface area (Å²) in [6.07, 6.45) is 6.73. The molecule has 0 aliphatic heterocycles. The van der Waals surface area contributed by atoms with Crippen LogP contribution in [0.4, 0.5) is 0 Å². The van der Waals surface area contributed by atoms with E-state index in [1.807, 2.05) is 0 Å². The van der Waals surface area contributed by atoms with Gasteiger partial charge in [0, 0.05) is 12.6 Å². The Balaban J connectivity index is 1.84. The van der Waals surface area contributed by atoms with Crippen LogP contribution in [0.5, 0.6) is 0 Å². The second-order valence-electron chi connectivity index (χ2n) is 6.77. The Morgan fingerprint density at radius 2 is 1.95 bits per heavy atom. The second-order valence-corrected chi connectivity index (χ2v) is 6.77. The molecule has 0 spiro atoms. The summed E-state index contributed by atoms with van der Waals surface area (Å²) in [5.41, 5.74) is 2.78. The van der Waals surface area contributed by atoms with Crippen molar-refractivity contribution < 1.29 is 0 Å². The van der Waals surface area contributed by atoms with Gasteiger partial charge in [-0.25, -0.2) is 0 Å². The fraction of sp³-hybridized carbons (Fsp3) is 0.684. The van der Waals surface area contributed by atoms with Gasteiger partial charge < -0.3 is 10.2 Å². The molecule has 1 aromatic rings. The zero-order valence-corrected chi connectivity index (χ0v) is 14.1. The van der Waals surface area contributed by atoms with E-state index in [0.29, 0.717) is 6.04 Å². The Hall–Kier alpha value is -0.860. The van der Waals surface area contributed by atoms with Crippen molar-refractivity contribution in [1.29, 1.82) is 0 Å². The van der Waals surface area contributed by atoms with Gasteiger partial charge in [-0.15, -0.1) is 0 Å². The number of rotatable bonds is 9. The fourth-order valence-electron chi connectivity index (χ4n) is 3.06. The summed E-state index contributed by atoms with van der Waals surface area (Å²) in [4.78, 5) is 2.53. The van der Waals surface area contributed by atoms with Gasteiger partial charge in [-0.1, -0.05) is 43.2 Å². The van der Waals surface area contributed by atoms with E-state index in [-0.39, 0.29) is 0 Å². The van der Waals surface area contributed by atoms with E-state index < -0.39 is 0 Å². The topological polar surface area (TPSA) is 15.3 Å². The van der Waals surface area contributed by atoms with Crippen molar-refractivity contribution in [2.45, 2.75) is 52.0 Å². The molecule has 0 heterocycles. The average Bonchev–Trinajstić information content (AvgIpc) is 2.44. The summed E-state index contributed by atoms with van der Waals surface area (Å²) in [5.74, 6) is 0.969. The predicted molar refractivity (Wildman–Crippen MR) is 91.7 cm³/mol. The minimum absolute atomic E-state index is 0.495. The summed E-state index contributed by atoms with van der Waals surface area (Å²) in [5, 5.41) is 3.72. The van der Waals surface area contributed by atoms with Crippen molar-refractivity contribution >= 4 is 0 Å². The summed E-state index contributed by atoms with van der Waals surface area (Å²) in [6.45, 7) is 7.97. The smallest absolute Gasteiger partial charge is 0.0332 e. The minimum atomic E-state index is 0.495. The van der Waals surface area contributed by atoms with Crippen LogP contribution in [0.15, 0.2) is 24.3 Å². The lowest BCUT2D eigenvalue weighted by Gasteiger charge is -2.31. The highest BCUT2D eigenvalue weighted by molar-refractivity contribution is 5.24. The van der Waals surface area contributed by atoms with Crippen LogP contribution in [0.3, 0.4) is 0 Å². The van der Waals surface area contributed by atoms with Crippen molar-refractivity contribution in [3.8, 4) is 0 Å². The van der Waals surface area contributed by atoms with Crippen molar-refractivity contribution in [3.63, 3.8) is 0 Å². The van der Waals surface area contributed by atoms with Gasteiger partial charge in [0.1, 0.15) is 0 Å². The molecule has 1 atom stereocenters. The van der Waals surface area contributed by atoms with Gasteiger partial charge in [0.25, 0.3) is 0 Å². The molecule has 1 aliphatic rings. The third-order valence-corrected chi connectivity index (χ3v) is 4.71. The maximum Gasteiger partial charge on any atom is 0.0332 e. The molecule has 21 heavy (non-hydrogen) atoms. The Morgan fingerprint density at radius 3 is 2.52 bits per heavy atom. The first kappa shape index (κ1) is 16.5. The number of hydrogen-bond donors (Lipinski definition) is 1. The SMILES string of the molecule is CCCNC(CCN(C)CC1CCC1)c1ccc(C)cc1. The minimum Gasteiger partial charge on any atom is -0.310 e. The Bertz CT molecular complexity index is 395. The molecule has 1 unspecified atom stereocenters. The zero-order chi connectivity index (χ0) is 15.1. The van der Waals surface area contributed by atoms with E-state index in [9.17, 15) is 0 Å². The lowest BCUT2D eigenvalue weighted by Crippen LogP contribution is -2.32. The third kappa shape index (κ3) is 5.44. The van der Waals surface area contributed by atoms with Crippen molar-refractivity contribution in [2.24, 2.45) is 5.92 Å². The van der Waals surface area contributed by atoms with Gasteiger partial charge in [-0.2, -0.15) is 0 Å². The van der Waals surface area contributed by atoms with Gasteiger partial charge in [0.05, 0.1) is 0 Å². The highest BCUT2D eigenvalue weighted by Crippen LogP contribution is 2.27. The van der Waals surface area contributed by atoms with Crippen LogP contribution < -0.4 is 5.32 Å². The first-order valence-corrected chi connectivity index (χ1v) is 8.67. The molecule has 1 saturated carbocycles. The Kier molecular flexibility index (Phi) is 6.72. The number of benzene rings is 1. The summed E-state index contributed by atoms with van der Waals surface area (Å²) in [7, 11) is 2.28. The van der Waals surface area contributed by atoms with E-state index in [0.717, 1.165) is 12.5 Å². The number of hydrogen-bond acceptors (Lipinski definition) is 2. The van der Waals surface area contributed by atoms with Gasteiger partial charge >= 0.3 is 0 Å². The summed E-state index contributed by atoms with van der Waals surface area (Å²) >= 11 is 0. The van der Waals surface area contributed by atoms with Crippen molar-refractivity contribution in [3.05, 3.63) is 35.4 Å². The van der Waals surface area contributed by atoms with E-state index in [1.54, 1.807) is 0 Å². The molecule has 0 aromatic heterocycles. The molecule has 2 nitrogen and oxygen atoms in total. The fourth-order valence-corrected chi connectivity index (χ4v) is 3.06. The quantitative estimate of drug-likeness (QED) is 0.734. The molecule has 1 N–H and O–H groups in total. The molecular weight excluding hydrogens is 256 g/mol. The van der Waals surface area contributed by atoms with Gasteiger partial charge in [-0.3, -0.25) is 0 Å². The predicted octanol–water partition coefficient (Wildman–Crippen LogP) is 4.16. The highest BCUT2D eigenvalue weighted by Gasteiger charge is 2.19. The van der Waals surface area contributed by atoms with Crippen molar-refractivity contribution in [1.82, 2.24) is 10.2 Å². The largest absolute Gasteiger partial charge is 0.310 e.